The Bertz CT molecular complexity index is 1720. The molecule has 0 radical (unpaired) electrons. The molecule has 7 heteroatoms. The summed E-state index contributed by atoms with van der Waals surface area (Å²) in [4.78, 5) is 34.5. The molecule has 5 aromatic rings. The average Bonchev–Trinajstić information content (AvgIpc) is 2.96. The quantitative estimate of drug-likeness (QED) is 0.211. The van der Waals surface area contributed by atoms with Gasteiger partial charge in [-0.15, -0.1) is 0 Å². The Morgan fingerprint density at radius 1 is 0.925 bits per heavy atom. The molecule has 0 bridgehead atoms. The minimum atomic E-state index is -0.516. The molecule has 4 aromatic carbocycles. The van der Waals surface area contributed by atoms with Crippen LogP contribution in [0.4, 0.5) is 10.5 Å². The van der Waals surface area contributed by atoms with Crippen LogP contribution in [-0.2, 0) is 6.42 Å². The number of amides is 2. The van der Waals surface area contributed by atoms with Crippen LogP contribution in [0.1, 0.15) is 35.5 Å². The number of carbonyl (C=O) groups is 1. The van der Waals surface area contributed by atoms with Gasteiger partial charge in [0.15, 0.2) is 0 Å². The SMILES string of the molecule is Cc1ccc(-n2c(C(C)N(CCc3ccccc3)C(=O)Nc3ccc(Br)cc3)nc3ccccc3c2=O)cc1C. The summed E-state index contributed by atoms with van der Waals surface area (Å²) < 4.78 is 2.58. The molecule has 40 heavy (non-hydrogen) atoms. The molecule has 202 valence electrons. The summed E-state index contributed by atoms with van der Waals surface area (Å²) in [7, 11) is 0. The maximum Gasteiger partial charge on any atom is 0.322 e. The Morgan fingerprint density at radius 2 is 1.62 bits per heavy atom. The zero-order chi connectivity index (χ0) is 28.2. The van der Waals surface area contributed by atoms with Crippen LogP contribution >= 0.6 is 15.9 Å². The van der Waals surface area contributed by atoms with E-state index in [1.54, 1.807) is 15.5 Å². The lowest BCUT2D eigenvalue weighted by atomic mass is 10.1. The van der Waals surface area contributed by atoms with Gasteiger partial charge in [0.05, 0.1) is 22.6 Å². The van der Waals surface area contributed by atoms with E-state index in [-0.39, 0.29) is 11.6 Å². The van der Waals surface area contributed by atoms with Gasteiger partial charge in [-0.3, -0.25) is 9.36 Å². The molecule has 0 saturated carbocycles. The Morgan fingerprint density at radius 3 is 2.35 bits per heavy atom. The Hall–Kier alpha value is -4.23. The van der Waals surface area contributed by atoms with Crippen LogP contribution in [0, 0.1) is 13.8 Å². The molecule has 0 fully saturated rings. The molecular weight excluding hydrogens is 564 g/mol. The highest BCUT2D eigenvalue weighted by Crippen LogP contribution is 2.25. The molecule has 0 aliphatic rings. The topological polar surface area (TPSA) is 67.2 Å². The second kappa shape index (κ2) is 11.9. The van der Waals surface area contributed by atoms with Gasteiger partial charge in [0.25, 0.3) is 5.56 Å². The lowest BCUT2D eigenvalue weighted by molar-refractivity contribution is 0.190. The Labute approximate surface area is 242 Å². The number of benzene rings is 4. The first-order valence-corrected chi connectivity index (χ1v) is 14.1. The number of hydrogen-bond donors (Lipinski definition) is 1. The maximum absolute atomic E-state index is 13.9. The summed E-state index contributed by atoms with van der Waals surface area (Å²) in [5.74, 6) is 0.506. The predicted octanol–water partition coefficient (Wildman–Crippen LogP) is 7.60. The molecule has 5 rings (SSSR count). The molecule has 1 aromatic heterocycles. The second-order valence-corrected chi connectivity index (χ2v) is 10.9. The number of nitrogens with one attached hydrogen (secondary N) is 1. The van der Waals surface area contributed by atoms with E-state index in [1.807, 2.05) is 99.6 Å². The fourth-order valence-corrected chi connectivity index (χ4v) is 5.04. The molecular formula is C33H31BrN4O2. The standard InChI is InChI=1S/C33H31BrN4O2/c1-22-13-18-28(21-23(22)2)38-31(36-30-12-8-7-11-29(30)32(38)39)24(3)37(20-19-25-9-5-4-6-10-25)33(40)35-27-16-14-26(34)15-17-27/h4-18,21,24H,19-20H2,1-3H3,(H,35,40). The zero-order valence-corrected chi connectivity index (χ0v) is 24.4. The van der Waals surface area contributed by atoms with Crippen LogP contribution in [0.3, 0.4) is 0 Å². The van der Waals surface area contributed by atoms with Gasteiger partial charge in [-0.1, -0.05) is 64.5 Å². The third-order valence-electron chi connectivity index (χ3n) is 7.23. The predicted molar refractivity (Wildman–Crippen MR) is 165 cm³/mol. The summed E-state index contributed by atoms with van der Waals surface area (Å²) in [6, 6.07) is 30.0. The van der Waals surface area contributed by atoms with Crippen molar-refractivity contribution in [3.05, 3.63) is 134 Å². The van der Waals surface area contributed by atoms with Crippen LogP contribution in [0.15, 0.2) is 106 Å². The Kier molecular flexibility index (Phi) is 8.12. The van der Waals surface area contributed by atoms with Crippen molar-refractivity contribution < 1.29 is 4.79 Å². The first kappa shape index (κ1) is 27.3. The summed E-state index contributed by atoms with van der Waals surface area (Å²) >= 11 is 3.45. The molecule has 1 N–H and O–H groups in total. The number of urea groups is 1. The van der Waals surface area contributed by atoms with Crippen LogP contribution in [0.2, 0.25) is 0 Å². The van der Waals surface area contributed by atoms with E-state index in [9.17, 15) is 9.59 Å². The van der Waals surface area contributed by atoms with E-state index < -0.39 is 6.04 Å². The van der Waals surface area contributed by atoms with Crippen molar-refractivity contribution in [3.63, 3.8) is 0 Å². The number of fused-ring (bicyclic) bond motifs is 1. The Balaban J connectivity index is 1.61. The first-order valence-electron chi connectivity index (χ1n) is 13.3. The highest BCUT2D eigenvalue weighted by molar-refractivity contribution is 9.10. The van der Waals surface area contributed by atoms with Crippen LogP contribution in [-0.4, -0.2) is 27.0 Å². The lowest BCUT2D eigenvalue weighted by Crippen LogP contribution is -2.41. The number of aromatic nitrogens is 2. The zero-order valence-electron chi connectivity index (χ0n) is 22.8. The van der Waals surface area contributed by atoms with Crippen LogP contribution in [0.25, 0.3) is 16.6 Å². The third kappa shape index (κ3) is 5.84. The largest absolute Gasteiger partial charge is 0.322 e. The van der Waals surface area contributed by atoms with Crippen molar-refractivity contribution in [2.45, 2.75) is 33.2 Å². The number of carbonyl (C=O) groups excluding carboxylic acids is 1. The van der Waals surface area contributed by atoms with E-state index in [2.05, 4.69) is 33.4 Å². The molecule has 0 aliphatic carbocycles. The van der Waals surface area contributed by atoms with Crippen molar-refractivity contribution in [2.24, 2.45) is 0 Å². The lowest BCUT2D eigenvalue weighted by Gasteiger charge is -2.31. The van der Waals surface area contributed by atoms with Crippen molar-refractivity contribution in [1.82, 2.24) is 14.5 Å². The number of aryl methyl sites for hydroxylation is 2. The summed E-state index contributed by atoms with van der Waals surface area (Å²) in [5, 5.41) is 3.57. The first-order chi connectivity index (χ1) is 19.3. The van der Waals surface area contributed by atoms with E-state index in [4.69, 9.17) is 4.98 Å². The van der Waals surface area contributed by atoms with Gasteiger partial charge < -0.3 is 10.2 Å². The number of nitrogens with zero attached hydrogens (tertiary/aromatic N) is 3. The van der Waals surface area contributed by atoms with Crippen molar-refractivity contribution in [2.75, 3.05) is 11.9 Å². The van der Waals surface area contributed by atoms with Crippen molar-refractivity contribution in [1.29, 1.82) is 0 Å². The maximum atomic E-state index is 13.9. The molecule has 1 unspecified atom stereocenters. The third-order valence-corrected chi connectivity index (χ3v) is 7.76. The summed E-state index contributed by atoms with van der Waals surface area (Å²) in [6.45, 7) is 6.44. The normalized spacial score (nSPS) is 11.8. The van der Waals surface area contributed by atoms with E-state index in [1.165, 1.54) is 0 Å². The minimum Gasteiger partial charge on any atom is -0.314 e. The summed E-state index contributed by atoms with van der Waals surface area (Å²) in [6.07, 6.45) is 0.653. The van der Waals surface area contributed by atoms with Gasteiger partial charge in [0.1, 0.15) is 5.82 Å². The van der Waals surface area contributed by atoms with E-state index in [0.717, 1.165) is 26.9 Å². The average molecular weight is 596 g/mol. The molecule has 6 nitrogen and oxygen atoms in total. The summed E-state index contributed by atoms with van der Waals surface area (Å²) in [5.41, 5.74) is 5.18. The molecule has 2 amide bonds. The van der Waals surface area contributed by atoms with Crippen LogP contribution in [0.5, 0.6) is 0 Å². The second-order valence-electron chi connectivity index (χ2n) is 9.94. The molecule has 1 atom stereocenters. The number of hydrogen-bond acceptors (Lipinski definition) is 3. The fraction of sp³-hybridized carbons (Fsp3) is 0.182. The number of rotatable bonds is 7. The monoisotopic (exact) mass is 594 g/mol. The van der Waals surface area contributed by atoms with Gasteiger partial charge in [0.2, 0.25) is 0 Å². The van der Waals surface area contributed by atoms with Gasteiger partial charge in [-0.05, 0) is 92.4 Å². The van der Waals surface area contributed by atoms with E-state index >= 15 is 0 Å². The molecule has 0 saturated heterocycles. The highest BCUT2D eigenvalue weighted by atomic mass is 79.9. The van der Waals surface area contributed by atoms with Crippen molar-refractivity contribution >= 4 is 38.6 Å². The van der Waals surface area contributed by atoms with Gasteiger partial charge in [0, 0.05) is 16.7 Å². The fourth-order valence-electron chi connectivity index (χ4n) is 4.78. The van der Waals surface area contributed by atoms with E-state index in [0.29, 0.717) is 35.4 Å². The van der Waals surface area contributed by atoms with Gasteiger partial charge >= 0.3 is 6.03 Å². The van der Waals surface area contributed by atoms with Crippen molar-refractivity contribution in [3.8, 4) is 5.69 Å². The number of anilines is 1. The minimum absolute atomic E-state index is 0.160. The van der Waals surface area contributed by atoms with Crippen LogP contribution < -0.4 is 10.9 Å². The number of para-hydroxylation sites is 1. The molecule has 1 heterocycles. The molecule has 0 spiro atoms. The molecule has 0 aliphatic heterocycles. The van der Waals surface area contributed by atoms with Gasteiger partial charge in [-0.2, -0.15) is 0 Å². The van der Waals surface area contributed by atoms with Gasteiger partial charge in [-0.25, -0.2) is 9.78 Å². The smallest absolute Gasteiger partial charge is 0.314 e. The number of halogens is 1. The highest BCUT2D eigenvalue weighted by Gasteiger charge is 2.27.